The van der Waals surface area contributed by atoms with Crippen LogP contribution in [-0.4, -0.2) is 30.0 Å². The number of aromatic nitrogens is 1. The van der Waals surface area contributed by atoms with Crippen LogP contribution in [-0.2, 0) is 9.53 Å². The summed E-state index contributed by atoms with van der Waals surface area (Å²) >= 11 is 3.22. The highest BCUT2D eigenvalue weighted by Crippen LogP contribution is 2.26. The normalized spacial score (nSPS) is 11.3. The number of ketones is 1. The summed E-state index contributed by atoms with van der Waals surface area (Å²) in [6, 6.07) is 11.7. The van der Waals surface area contributed by atoms with Crippen molar-refractivity contribution in [2.75, 3.05) is 6.61 Å². The molecule has 0 spiro atoms. The molecule has 28 heavy (non-hydrogen) atoms. The van der Waals surface area contributed by atoms with Crippen LogP contribution >= 0.6 is 15.9 Å². The van der Waals surface area contributed by atoms with Gasteiger partial charge in [-0.1, -0.05) is 34.1 Å². The van der Waals surface area contributed by atoms with E-state index in [-0.39, 0.29) is 17.1 Å². The zero-order chi connectivity index (χ0) is 20.1. The summed E-state index contributed by atoms with van der Waals surface area (Å²) < 4.78 is 34.9. The molecule has 0 bridgehead atoms. The minimum Gasteiger partial charge on any atom is -0.454 e. The van der Waals surface area contributed by atoms with Gasteiger partial charge in [-0.2, -0.15) is 8.78 Å². The van der Waals surface area contributed by atoms with Gasteiger partial charge in [0.2, 0.25) is 5.78 Å². The van der Waals surface area contributed by atoms with Crippen molar-refractivity contribution in [3.8, 4) is 5.75 Å². The zero-order valence-electron chi connectivity index (χ0n) is 14.3. The maximum Gasteiger partial charge on any atom is 0.387 e. The fourth-order valence-electron chi connectivity index (χ4n) is 2.58. The lowest BCUT2D eigenvalue weighted by molar-refractivity contribution is -0.136. The number of hydrogen-bond donors (Lipinski definition) is 1. The van der Waals surface area contributed by atoms with E-state index in [0.29, 0.717) is 10.0 Å². The number of esters is 1. The molecule has 0 aliphatic carbocycles. The molecule has 0 amide bonds. The summed E-state index contributed by atoms with van der Waals surface area (Å²) in [6.07, 6.45) is 3.88. The monoisotopic (exact) mass is 449 g/mol. The molecule has 0 saturated heterocycles. The average molecular weight is 450 g/mol. The van der Waals surface area contributed by atoms with E-state index in [4.69, 9.17) is 4.74 Å². The first-order valence-electron chi connectivity index (χ1n) is 8.12. The van der Waals surface area contributed by atoms with Crippen molar-refractivity contribution in [2.45, 2.75) is 6.61 Å². The van der Waals surface area contributed by atoms with Crippen molar-refractivity contribution in [1.29, 1.82) is 0 Å². The van der Waals surface area contributed by atoms with Gasteiger partial charge in [0.05, 0.1) is 0 Å². The summed E-state index contributed by atoms with van der Waals surface area (Å²) in [5, 5.41) is 0.738. The number of H-pyrrole nitrogens is 1. The van der Waals surface area contributed by atoms with Gasteiger partial charge in [0, 0.05) is 38.8 Å². The van der Waals surface area contributed by atoms with Crippen molar-refractivity contribution in [3.05, 3.63) is 70.3 Å². The van der Waals surface area contributed by atoms with Crippen LogP contribution in [0.15, 0.2) is 59.2 Å². The second-order valence-electron chi connectivity index (χ2n) is 5.67. The Balaban J connectivity index is 1.64. The summed E-state index contributed by atoms with van der Waals surface area (Å²) in [6.45, 7) is -3.43. The molecule has 0 radical (unpaired) electrons. The van der Waals surface area contributed by atoms with Crippen LogP contribution in [0.2, 0.25) is 0 Å². The van der Waals surface area contributed by atoms with Crippen molar-refractivity contribution in [3.63, 3.8) is 0 Å². The summed E-state index contributed by atoms with van der Waals surface area (Å²) in [5.41, 5.74) is 1.49. The number of carbonyl (C=O) groups excluding carboxylic acids is 2. The van der Waals surface area contributed by atoms with E-state index in [0.717, 1.165) is 17.0 Å². The molecule has 0 atom stereocenters. The van der Waals surface area contributed by atoms with E-state index in [9.17, 15) is 18.4 Å². The molecule has 5 nitrogen and oxygen atoms in total. The fourth-order valence-corrected chi connectivity index (χ4v) is 2.95. The molecule has 144 valence electrons. The van der Waals surface area contributed by atoms with Gasteiger partial charge in [-0.25, -0.2) is 4.79 Å². The topological polar surface area (TPSA) is 68.4 Å². The number of benzene rings is 2. The maximum absolute atomic E-state index is 12.5. The zero-order valence-corrected chi connectivity index (χ0v) is 15.9. The minimum absolute atomic E-state index is 0.0860. The molecule has 0 aliphatic heterocycles. The van der Waals surface area contributed by atoms with Crippen molar-refractivity contribution < 1.29 is 27.8 Å². The molecule has 1 aromatic heterocycles. The number of halogens is 3. The number of fused-ring (bicyclic) bond motifs is 1. The standard InChI is InChI=1S/C20H14BrF2NO4/c21-13-6-7-18(28-20(22)23)12(9-13)5-8-19(26)27-11-17(25)15-10-24-16-4-2-1-3-14(15)16/h1-10,20,24H,11H2/b8-5+. The van der Waals surface area contributed by atoms with Gasteiger partial charge >= 0.3 is 12.6 Å². The number of alkyl halides is 2. The van der Waals surface area contributed by atoms with E-state index >= 15 is 0 Å². The van der Waals surface area contributed by atoms with E-state index in [1.165, 1.54) is 24.3 Å². The Morgan fingerprint density at radius 1 is 1.18 bits per heavy atom. The molecule has 0 fully saturated rings. The lowest BCUT2D eigenvalue weighted by Gasteiger charge is -2.08. The Bertz CT molecular complexity index is 1050. The molecule has 1 heterocycles. The highest BCUT2D eigenvalue weighted by atomic mass is 79.9. The van der Waals surface area contributed by atoms with Gasteiger partial charge in [-0.05, 0) is 30.3 Å². The number of hydrogen-bond acceptors (Lipinski definition) is 4. The first-order valence-corrected chi connectivity index (χ1v) is 8.92. The number of para-hydroxylation sites is 1. The quantitative estimate of drug-likeness (QED) is 0.314. The number of aromatic amines is 1. The molecule has 1 N–H and O–H groups in total. The smallest absolute Gasteiger partial charge is 0.387 e. The van der Waals surface area contributed by atoms with E-state index in [1.54, 1.807) is 18.3 Å². The Morgan fingerprint density at radius 2 is 1.96 bits per heavy atom. The van der Waals surface area contributed by atoms with Crippen LogP contribution in [0.4, 0.5) is 8.78 Å². The number of nitrogens with one attached hydrogen (secondary N) is 1. The molecule has 3 rings (SSSR count). The van der Waals surface area contributed by atoms with Crippen molar-refractivity contribution in [1.82, 2.24) is 4.98 Å². The first-order chi connectivity index (χ1) is 13.4. The Labute approximate surface area is 167 Å². The Hall–Kier alpha value is -3.00. The Morgan fingerprint density at radius 3 is 2.75 bits per heavy atom. The second kappa shape index (κ2) is 8.79. The average Bonchev–Trinajstić information content (AvgIpc) is 3.10. The van der Waals surface area contributed by atoms with Crippen LogP contribution in [0.25, 0.3) is 17.0 Å². The predicted molar refractivity (Wildman–Crippen MR) is 103 cm³/mol. The third kappa shape index (κ3) is 4.83. The van der Waals surface area contributed by atoms with Crippen LogP contribution < -0.4 is 4.74 Å². The fraction of sp³-hybridized carbons (Fsp3) is 0.100. The van der Waals surface area contributed by atoms with E-state index in [2.05, 4.69) is 25.7 Å². The van der Waals surface area contributed by atoms with Crippen LogP contribution in [0.3, 0.4) is 0 Å². The maximum atomic E-state index is 12.5. The Kier molecular flexibility index (Phi) is 6.20. The third-order valence-electron chi connectivity index (χ3n) is 3.82. The molecule has 2 aromatic carbocycles. The second-order valence-corrected chi connectivity index (χ2v) is 6.59. The third-order valence-corrected chi connectivity index (χ3v) is 4.32. The molecule has 3 aromatic rings. The van der Waals surface area contributed by atoms with Gasteiger partial charge in [0.1, 0.15) is 5.75 Å². The van der Waals surface area contributed by atoms with E-state index in [1.807, 2.05) is 12.1 Å². The van der Waals surface area contributed by atoms with E-state index < -0.39 is 19.2 Å². The highest BCUT2D eigenvalue weighted by molar-refractivity contribution is 9.10. The molecule has 0 saturated carbocycles. The van der Waals surface area contributed by atoms with Crippen LogP contribution in [0, 0.1) is 0 Å². The van der Waals surface area contributed by atoms with Gasteiger partial charge < -0.3 is 14.5 Å². The minimum atomic E-state index is -2.99. The van der Waals surface area contributed by atoms with Gasteiger partial charge in [0.15, 0.2) is 6.61 Å². The summed E-state index contributed by atoms with van der Waals surface area (Å²) in [4.78, 5) is 27.2. The van der Waals surface area contributed by atoms with Crippen molar-refractivity contribution in [2.24, 2.45) is 0 Å². The SMILES string of the molecule is O=C(/C=C/c1cc(Br)ccc1OC(F)F)OCC(=O)c1c[nH]c2ccccc12. The number of carbonyl (C=O) groups is 2. The summed E-state index contributed by atoms with van der Waals surface area (Å²) in [7, 11) is 0. The molecule has 0 aliphatic rings. The first kappa shape index (κ1) is 19.8. The van der Waals surface area contributed by atoms with Crippen molar-refractivity contribution >= 4 is 44.7 Å². The lowest BCUT2D eigenvalue weighted by atomic mass is 10.1. The predicted octanol–water partition coefficient (Wildman–Crippen LogP) is 4.97. The number of ether oxygens (including phenoxy) is 2. The van der Waals surface area contributed by atoms with Crippen LogP contribution in [0.5, 0.6) is 5.75 Å². The molecule has 0 unspecified atom stereocenters. The number of rotatable bonds is 7. The highest BCUT2D eigenvalue weighted by Gasteiger charge is 2.14. The van der Waals surface area contributed by atoms with Gasteiger partial charge in [-0.15, -0.1) is 0 Å². The van der Waals surface area contributed by atoms with Gasteiger partial charge in [-0.3, -0.25) is 4.79 Å². The number of Topliss-reactive ketones (excluding diaryl/α,β-unsaturated/α-hetero) is 1. The van der Waals surface area contributed by atoms with Crippen LogP contribution in [0.1, 0.15) is 15.9 Å². The molecule has 8 heteroatoms. The summed E-state index contributed by atoms with van der Waals surface area (Å²) in [5.74, 6) is -1.23. The molecular formula is C20H14BrF2NO4. The largest absolute Gasteiger partial charge is 0.454 e. The van der Waals surface area contributed by atoms with Gasteiger partial charge in [0.25, 0.3) is 0 Å². The lowest BCUT2D eigenvalue weighted by Crippen LogP contribution is -2.12. The molecular weight excluding hydrogens is 436 g/mol.